The first-order valence-corrected chi connectivity index (χ1v) is 10.8. The summed E-state index contributed by atoms with van der Waals surface area (Å²) in [6, 6.07) is 22.9. The Balaban J connectivity index is 1.41. The number of ether oxygens (including phenoxy) is 1. The van der Waals surface area contributed by atoms with Gasteiger partial charge < -0.3 is 15.0 Å². The second-order valence-corrected chi connectivity index (χ2v) is 8.23. The zero-order valence-electron chi connectivity index (χ0n) is 18.2. The third kappa shape index (κ3) is 4.97. The quantitative estimate of drug-likeness (QED) is 0.568. The van der Waals surface area contributed by atoms with Crippen molar-refractivity contribution in [2.24, 2.45) is 5.41 Å². The van der Waals surface area contributed by atoms with Crippen molar-refractivity contribution in [3.8, 4) is 11.5 Å². The molecule has 1 unspecified atom stereocenters. The minimum absolute atomic E-state index is 0.142. The average molecular weight is 430 g/mol. The number of aromatic nitrogens is 1. The number of pyridine rings is 1. The largest absolute Gasteiger partial charge is 0.457 e. The van der Waals surface area contributed by atoms with Crippen molar-refractivity contribution in [2.45, 2.75) is 32.9 Å². The van der Waals surface area contributed by atoms with Crippen LogP contribution in [0.2, 0.25) is 0 Å². The highest BCUT2D eigenvalue weighted by atomic mass is 16.5. The summed E-state index contributed by atoms with van der Waals surface area (Å²) in [7, 11) is 0. The number of benzene rings is 2. The number of amides is 2. The van der Waals surface area contributed by atoms with Crippen molar-refractivity contribution in [3.05, 3.63) is 90.3 Å². The van der Waals surface area contributed by atoms with Crippen LogP contribution in [-0.2, 0) is 22.7 Å². The fraction of sp³-hybridized carbons (Fsp3) is 0.269. The first-order chi connectivity index (χ1) is 15.5. The van der Waals surface area contributed by atoms with E-state index in [-0.39, 0.29) is 11.8 Å². The van der Waals surface area contributed by atoms with Gasteiger partial charge in [-0.25, -0.2) is 0 Å². The number of nitrogens with one attached hydrogen (secondary N) is 1. The fourth-order valence-electron chi connectivity index (χ4n) is 3.96. The van der Waals surface area contributed by atoms with Crippen LogP contribution < -0.4 is 10.1 Å². The highest BCUT2D eigenvalue weighted by Gasteiger charge is 2.45. The van der Waals surface area contributed by atoms with Crippen LogP contribution >= 0.6 is 0 Å². The maximum Gasteiger partial charge on any atom is 0.238 e. The van der Waals surface area contributed by atoms with E-state index in [4.69, 9.17) is 4.74 Å². The van der Waals surface area contributed by atoms with E-state index >= 15 is 0 Å². The van der Waals surface area contributed by atoms with E-state index in [1.54, 1.807) is 18.0 Å². The summed E-state index contributed by atoms with van der Waals surface area (Å²) < 4.78 is 5.91. The molecule has 0 aliphatic carbocycles. The number of nitrogens with zero attached hydrogens (tertiary/aromatic N) is 2. The predicted octanol–water partition coefficient (Wildman–Crippen LogP) is 4.32. The Morgan fingerprint density at radius 1 is 1.06 bits per heavy atom. The Hall–Kier alpha value is -3.67. The average Bonchev–Trinajstić information content (AvgIpc) is 2.82. The molecule has 0 radical (unpaired) electrons. The third-order valence-corrected chi connectivity index (χ3v) is 5.77. The first-order valence-electron chi connectivity index (χ1n) is 10.8. The summed E-state index contributed by atoms with van der Waals surface area (Å²) in [6.45, 7) is 3.12. The molecule has 1 saturated heterocycles. The number of carbonyl (C=O) groups is 2. The molecule has 1 N–H and O–H groups in total. The van der Waals surface area contributed by atoms with Crippen molar-refractivity contribution in [1.82, 2.24) is 15.2 Å². The Bertz CT molecular complexity index is 1070. The Labute approximate surface area is 188 Å². The molecule has 4 rings (SSSR count). The predicted molar refractivity (Wildman–Crippen MR) is 122 cm³/mol. The highest BCUT2D eigenvalue weighted by Crippen LogP contribution is 2.32. The second kappa shape index (κ2) is 9.64. The third-order valence-electron chi connectivity index (χ3n) is 5.77. The van der Waals surface area contributed by atoms with Crippen LogP contribution in [0.25, 0.3) is 0 Å². The zero-order valence-corrected chi connectivity index (χ0v) is 18.2. The van der Waals surface area contributed by atoms with Gasteiger partial charge in [0.05, 0.1) is 12.2 Å². The summed E-state index contributed by atoms with van der Waals surface area (Å²) in [5.41, 5.74) is 0.648. The normalized spacial score (nSPS) is 18.3. The molecule has 1 aliphatic heterocycles. The summed E-state index contributed by atoms with van der Waals surface area (Å²) in [5, 5.41) is 2.89. The number of hydrogen-bond acceptors (Lipinski definition) is 4. The number of para-hydroxylation sites is 1. The molecular formula is C26H27N3O3. The summed E-state index contributed by atoms with van der Waals surface area (Å²) in [6.07, 6.45) is 3.00. The molecule has 6 nitrogen and oxygen atoms in total. The van der Waals surface area contributed by atoms with E-state index in [9.17, 15) is 9.59 Å². The van der Waals surface area contributed by atoms with E-state index in [2.05, 4.69) is 10.3 Å². The van der Waals surface area contributed by atoms with Crippen LogP contribution in [-0.4, -0.2) is 28.2 Å². The molecule has 0 spiro atoms. The monoisotopic (exact) mass is 429 g/mol. The lowest BCUT2D eigenvalue weighted by atomic mass is 9.79. The van der Waals surface area contributed by atoms with Crippen molar-refractivity contribution in [1.29, 1.82) is 0 Å². The molecule has 32 heavy (non-hydrogen) atoms. The standard InChI is InChI=1S/C26H27N3O3/c1-26(24(30)28-18-21-10-5-6-15-27-21)14-8-16-29(25(26)31)19-20-9-7-13-23(17-20)32-22-11-3-2-4-12-22/h2-7,9-13,15,17H,8,14,16,18-19H2,1H3,(H,28,30). The first kappa shape index (κ1) is 21.6. The lowest BCUT2D eigenvalue weighted by Gasteiger charge is -2.38. The molecule has 1 aromatic heterocycles. The van der Waals surface area contributed by atoms with E-state index < -0.39 is 5.41 Å². The molecule has 1 fully saturated rings. The molecule has 0 saturated carbocycles. The van der Waals surface area contributed by atoms with Crippen LogP contribution in [0, 0.1) is 5.41 Å². The van der Waals surface area contributed by atoms with Gasteiger partial charge in [-0.15, -0.1) is 0 Å². The van der Waals surface area contributed by atoms with Crippen LogP contribution in [0.15, 0.2) is 79.0 Å². The minimum Gasteiger partial charge on any atom is -0.457 e. The Kier molecular flexibility index (Phi) is 6.50. The molecular weight excluding hydrogens is 402 g/mol. The summed E-state index contributed by atoms with van der Waals surface area (Å²) >= 11 is 0. The topological polar surface area (TPSA) is 71.5 Å². The van der Waals surface area contributed by atoms with Crippen molar-refractivity contribution < 1.29 is 14.3 Å². The molecule has 164 valence electrons. The molecule has 2 heterocycles. The Morgan fingerprint density at radius 2 is 1.84 bits per heavy atom. The number of hydrogen-bond donors (Lipinski definition) is 1. The van der Waals surface area contributed by atoms with Gasteiger partial charge in [0.1, 0.15) is 16.9 Å². The van der Waals surface area contributed by atoms with Gasteiger partial charge in [0.15, 0.2) is 0 Å². The van der Waals surface area contributed by atoms with Crippen LogP contribution in [0.3, 0.4) is 0 Å². The van der Waals surface area contributed by atoms with Gasteiger partial charge in [0.2, 0.25) is 11.8 Å². The van der Waals surface area contributed by atoms with Gasteiger partial charge in [-0.3, -0.25) is 14.6 Å². The summed E-state index contributed by atoms with van der Waals surface area (Å²) in [4.78, 5) is 32.2. The van der Waals surface area contributed by atoms with E-state index in [0.717, 1.165) is 23.4 Å². The zero-order chi connectivity index (χ0) is 22.4. The van der Waals surface area contributed by atoms with Crippen molar-refractivity contribution >= 4 is 11.8 Å². The van der Waals surface area contributed by atoms with Gasteiger partial charge in [0, 0.05) is 19.3 Å². The van der Waals surface area contributed by atoms with E-state index in [1.807, 2.05) is 72.8 Å². The molecule has 1 aliphatic rings. The molecule has 0 bridgehead atoms. The highest BCUT2D eigenvalue weighted by molar-refractivity contribution is 6.05. The van der Waals surface area contributed by atoms with Crippen LogP contribution in [0.1, 0.15) is 31.0 Å². The molecule has 1 atom stereocenters. The lowest BCUT2D eigenvalue weighted by Crippen LogP contribution is -2.54. The maximum atomic E-state index is 13.3. The Morgan fingerprint density at radius 3 is 2.62 bits per heavy atom. The van der Waals surface area contributed by atoms with E-state index in [0.29, 0.717) is 31.8 Å². The van der Waals surface area contributed by atoms with Gasteiger partial charge >= 0.3 is 0 Å². The smallest absolute Gasteiger partial charge is 0.238 e. The number of carbonyl (C=O) groups excluding carboxylic acids is 2. The SMILES string of the molecule is CC1(C(=O)NCc2ccccn2)CCCN(Cc2cccc(Oc3ccccc3)c2)C1=O. The number of piperidine rings is 1. The second-order valence-electron chi connectivity index (χ2n) is 8.23. The van der Waals surface area contributed by atoms with Crippen molar-refractivity contribution in [3.63, 3.8) is 0 Å². The molecule has 2 aromatic carbocycles. The number of rotatable bonds is 7. The molecule has 3 aromatic rings. The fourth-order valence-corrected chi connectivity index (χ4v) is 3.96. The summed E-state index contributed by atoms with van der Waals surface area (Å²) in [5.74, 6) is 1.08. The van der Waals surface area contributed by atoms with Gasteiger partial charge in [-0.1, -0.05) is 36.4 Å². The van der Waals surface area contributed by atoms with E-state index in [1.165, 1.54) is 0 Å². The molecule has 2 amide bonds. The number of likely N-dealkylation sites (tertiary alicyclic amines) is 1. The molecule has 6 heteroatoms. The van der Waals surface area contributed by atoms with Crippen LogP contribution in [0.5, 0.6) is 11.5 Å². The van der Waals surface area contributed by atoms with Crippen LogP contribution in [0.4, 0.5) is 0 Å². The van der Waals surface area contributed by atoms with Crippen molar-refractivity contribution in [2.75, 3.05) is 6.54 Å². The lowest BCUT2D eigenvalue weighted by molar-refractivity contribution is -0.154. The van der Waals surface area contributed by atoms with Gasteiger partial charge in [-0.2, -0.15) is 0 Å². The minimum atomic E-state index is -1.08. The van der Waals surface area contributed by atoms with Gasteiger partial charge in [0.25, 0.3) is 0 Å². The maximum absolute atomic E-state index is 13.3. The van der Waals surface area contributed by atoms with Gasteiger partial charge in [-0.05, 0) is 61.7 Å².